The lowest BCUT2D eigenvalue weighted by Crippen LogP contribution is -2.06. The Bertz CT molecular complexity index is 583. The van der Waals surface area contributed by atoms with Crippen molar-refractivity contribution in [3.05, 3.63) is 28.6 Å². The van der Waals surface area contributed by atoms with Crippen molar-refractivity contribution in [3.63, 3.8) is 0 Å². The highest BCUT2D eigenvalue weighted by molar-refractivity contribution is 9.10. The summed E-state index contributed by atoms with van der Waals surface area (Å²) in [6.45, 7) is 4.05. The lowest BCUT2D eigenvalue weighted by molar-refractivity contribution is 0.241. The molecular formula is C16H22BBrN2O. The van der Waals surface area contributed by atoms with Crippen molar-refractivity contribution < 1.29 is 4.74 Å². The number of hydrogen-bond donors (Lipinski definition) is 0. The van der Waals surface area contributed by atoms with Gasteiger partial charge in [0.05, 0.1) is 24.1 Å². The predicted molar refractivity (Wildman–Crippen MR) is 91.4 cm³/mol. The van der Waals surface area contributed by atoms with Crippen molar-refractivity contribution in [2.45, 2.75) is 58.4 Å². The summed E-state index contributed by atoms with van der Waals surface area (Å²) >= 11 is 3.55. The lowest BCUT2D eigenvalue weighted by Gasteiger charge is -2.11. The van der Waals surface area contributed by atoms with Crippen LogP contribution in [0.1, 0.15) is 45.2 Å². The van der Waals surface area contributed by atoms with E-state index in [-0.39, 0.29) is 6.10 Å². The minimum Gasteiger partial charge on any atom is -0.490 e. The van der Waals surface area contributed by atoms with Gasteiger partial charge in [-0.05, 0) is 42.6 Å². The zero-order valence-corrected chi connectivity index (χ0v) is 14.4. The number of rotatable bonds is 8. The van der Waals surface area contributed by atoms with Gasteiger partial charge in [-0.2, -0.15) is 0 Å². The Morgan fingerprint density at radius 1 is 1.24 bits per heavy atom. The van der Waals surface area contributed by atoms with Gasteiger partial charge in [0.2, 0.25) is 0 Å². The van der Waals surface area contributed by atoms with E-state index in [9.17, 15) is 0 Å². The maximum atomic E-state index is 5.78. The third-order valence-corrected chi connectivity index (χ3v) is 3.90. The molecule has 0 saturated carbocycles. The van der Waals surface area contributed by atoms with Crippen LogP contribution in [0.2, 0.25) is 6.32 Å². The Labute approximate surface area is 136 Å². The molecule has 2 aromatic heterocycles. The molecule has 112 valence electrons. The van der Waals surface area contributed by atoms with Gasteiger partial charge in [-0.3, -0.25) is 0 Å². The maximum Gasteiger partial charge on any atom is 0.140 e. The van der Waals surface area contributed by atoms with Crippen LogP contribution in [-0.2, 0) is 6.42 Å². The van der Waals surface area contributed by atoms with Crippen molar-refractivity contribution in [2.24, 2.45) is 0 Å². The number of imidazole rings is 1. The molecule has 0 amide bonds. The van der Waals surface area contributed by atoms with Gasteiger partial charge in [-0.15, -0.1) is 0 Å². The van der Waals surface area contributed by atoms with Gasteiger partial charge >= 0.3 is 0 Å². The van der Waals surface area contributed by atoms with E-state index in [2.05, 4.69) is 27.1 Å². The number of ether oxygens (including phenoxy) is 1. The summed E-state index contributed by atoms with van der Waals surface area (Å²) < 4.78 is 8.78. The van der Waals surface area contributed by atoms with Crippen LogP contribution in [0.15, 0.2) is 22.9 Å². The summed E-state index contributed by atoms with van der Waals surface area (Å²) in [5.74, 6) is 0.845. The fraction of sp³-hybridized carbons (Fsp3) is 0.562. The molecule has 5 heteroatoms. The Morgan fingerprint density at radius 2 is 2.00 bits per heavy atom. The summed E-state index contributed by atoms with van der Waals surface area (Å²) in [6.07, 6.45) is 10.8. The molecule has 0 spiro atoms. The highest BCUT2D eigenvalue weighted by Gasteiger charge is 2.08. The van der Waals surface area contributed by atoms with Crippen molar-refractivity contribution in [1.29, 1.82) is 0 Å². The smallest absolute Gasteiger partial charge is 0.140 e. The molecule has 0 aliphatic heterocycles. The van der Waals surface area contributed by atoms with E-state index in [1.165, 1.54) is 19.3 Å². The highest BCUT2D eigenvalue weighted by Crippen LogP contribution is 2.27. The lowest BCUT2D eigenvalue weighted by atomic mass is 9.98. The second kappa shape index (κ2) is 7.88. The third kappa shape index (κ3) is 4.77. The summed E-state index contributed by atoms with van der Waals surface area (Å²) in [6, 6.07) is 1.99. The van der Waals surface area contributed by atoms with Crippen LogP contribution in [0.25, 0.3) is 5.65 Å². The fourth-order valence-corrected chi connectivity index (χ4v) is 2.74. The Hall–Kier alpha value is -0.965. The zero-order valence-electron chi connectivity index (χ0n) is 12.8. The van der Waals surface area contributed by atoms with Crippen LogP contribution < -0.4 is 4.74 Å². The van der Waals surface area contributed by atoms with Gasteiger partial charge in [0, 0.05) is 18.5 Å². The normalized spacial score (nSPS) is 11.4. The van der Waals surface area contributed by atoms with Crippen LogP contribution in [0.3, 0.4) is 0 Å². The van der Waals surface area contributed by atoms with E-state index < -0.39 is 0 Å². The molecule has 0 fully saturated rings. The van der Waals surface area contributed by atoms with Crippen molar-refractivity contribution in [1.82, 2.24) is 9.38 Å². The molecular weight excluding hydrogens is 327 g/mol. The molecule has 0 aliphatic rings. The minimum atomic E-state index is 0.153. The first-order chi connectivity index (χ1) is 10.1. The monoisotopic (exact) mass is 348 g/mol. The number of unbranched alkanes of at least 4 members (excludes halogenated alkanes) is 3. The first-order valence-electron chi connectivity index (χ1n) is 7.64. The minimum absolute atomic E-state index is 0.153. The zero-order chi connectivity index (χ0) is 15.2. The maximum absolute atomic E-state index is 5.78. The predicted octanol–water partition coefficient (Wildman–Crippen LogP) is 4.57. The topological polar surface area (TPSA) is 26.5 Å². The summed E-state index contributed by atoms with van der Waals surface area (Å²) in [4.78, 5) is 4.68. The van der Waals surface area contributed by atoms with E-state index >= 15 is 0 Å². The van der Waals surface area contributed by atoms with E-state index in [0.29, 0.717) is 0 Å². The Kier molecular flexibility index (Phi) is 6.15. The number of hydrogen-bond acceptors (Lipinski definition) is 2. The average molecular weight is 349 g/mol. The Morgan fingerprint density at radius 3 is 2.71 bits per heavy atom. The summed E-state index contributed by atoms with van der Waals surface area (Å²) in [5, 5.41) is 0. The van der Waals surface area contributed by atoms with Crippen LogP contribution in [0.4, 0.5) is 0 Å². The van der Waals surface area contributed by atoms with Gasteiger partial charge in [-0.1, -0.05) is 25.6 Å². The fourth-order valence-electron chi connectivity index (χ4n) is 2.31. The average Bonchev–Trinajstić information content (AvgIpc) is 2.80. The van der Waals surface area contributed by atoms with Crippen LogP contribution >= 0.6 is 15.9 Å². The van der Waals surface area contributed by atoms with Crippen LogP contribution in [-0.4, -0.2) is 23.3 Å². The molecule has 0 unspecified atom stereocenters. The van der Waals surface area contributed by atoms with Gasteiger partial charge in [0.25, 0.3) is 0 Å². The molecule has 3 nitrogen and oxygen atoms in total. The molecule has 0 N–H and O–H groups in total. The van der Waals surface area contributed by atoms with Gasteiger partial charge in [0.15, 0.2) is 0 Å². The van der Waals surface area contributed by atoms with Gasteiger partial charge < -0.3 is 9.14 Å². The number of halogens is 1. The Balaban J connectivity index is 2.03. The van der Waals surface area contributed by atoms with Gasteiger partial charge in [0.1, 0.15) is 11.4 Å². The van der Waals surface area contributed by atoms with Crippen molar-refractivity contribution >= 4 is 29.4 Å². The molecule has 2 rings (SSSR count). The number of pyridine rings is 1. The number of fused-ring (bicyclic) bond motifs is 1. The molecule has 0 saturated heterocycles. The number of aryl methyl sites for hydroxylation is 1. The summed E-state index contributed by atoms with van der Waals surface area (Å²) in [5.41, 5.74) is 2.07. The van der Waals surface area contributed by atoms with E-state index in [1.807, 2.05) is 30.5 Å². The second-order valence-corrected chi connectivity index (χ2v) is 6.46. The summed E-state index contributed by atoms with van der Waals surface area (Å²) in [7, 11) is 5.50. The van der Waals surface area contributed by atoms with Gasteiger partial charge in [-0.25, -0.2) is 4.98 Å². The molecule has 2 radical (unpaired) electrons. The molecule has 2 heterocycles. The third-order valence-electron chi connectivity index (χ3n) is 3.31. The number of aromatic nitrogens is 2. The molecule has 0 atom stereocenters. The van der Waals surface area contributed by atoms with Crippen molar-refractivity contribution in [3.8, 4) is 5.75 Å². The molecule has 0 bridgehead atoms. The largest absolute Gasteiger partial charge is 0.490 e. The number of nitrogens with zero attached hydrogens (tertiary/aromatic N) is 2. The van der Waals surface area contributed by atoms with Crippen LogP contribution in [0.5, 0.6) is 5.75 Å². The molecule has 0 aromatic carbocycles. The molecule has 0 aliphatic carbocycles. The molecule has 2 aromatic rings. The van der Waals surface area contributed by atoms with E-state index in [4.69, 9.17) is 12.6 Å². The first kappa shape index (κ1) is 16.4. The van der Waals surface area contributed by atoms with E-state index in [0.717, 1.165) is 40.7 Å². The quantitative estimate of drug-likeness (QED) is 0.515. The highest BCUT2D eigenvalue weighted by atomic mass is 79.9. The first-order valence-corrected chi connectivity index (χ1v) is 8.43. The van der Waals surface area contributed by atoms with Crippen LogP contribution in [0, 0.1) is 0 Å². The van der Waals surface area contributed by atoms with Crippen molar-refractivity contribution in [2.75, 3.05) is 0 Å². The molecule has 21 heavy (non-hydrogen) atoms. The second-order valence-electron chi connectivity index (χ2n) is 5.60. The standard InChI is InChI=1S/C16H22BBrN2O/c1-12(2)21-15-9-16-19-13(7-5-3-4-6-8-17)10-20(16)11-14(15)18/h9-12H,3-8H2,1-2H3. The SMILES string of the molecule is [B]CCCCCCc1cn2cc(Br)c(OC(C)C)cc2n1. The van der Waals surface area contributed by atoms with E-state index in [1.54, 1.807) is 0 Å².